The molecule has 0 atom stereocenters. The Balaban J connectivity index is 2.47. The van der Waals surface area contributed by atoms with Crippen molar-refractivity contribution in [2.75, 3.05) is 6.61 Å². The molecule has 0 aliphatic heterocycles. The summed E-state index contributed by atoms with van der Waals surface area (Å²) in [6.07, 6.45) is 1.59. The van der Waals surface area contributed by atoms with Crippen LogP contribution in [0.2, 0.25) is 5.02 Å². The number of halogens is 1. The molecule has 0 aliphatic carbocycles. The lowest BCUT2D eigenvalue weighted by Crippen LogP contribution is -2.07. The summed E-state index contributed by atoms with van der Waals surface area (Å²) in [5, 5.41) is 0.507. The van der Waals surface area contributed by atoms with Crippen LogP contribution in [0.25, 0.3) is 11.1 Å². The second-order valence-electron chi connectivity index (χ2n) is 3.49. The summed E-state index contributed by atoms with van der Waals surface area (Å²) in [6.45, 7) is 2.49. The summed E-state index contributed by atoms with van der Waals surface area (Å²) in [6, 6.07) is 8.81. The number of pyridine rings is 1. The zero-order valence-electron chi connectivity index (χ0n) is 9.37. The normalized spacial score (nSPS) is 10.2. The van der Waals surface area contributed by atoms with Crippen LogP contribution < -0.4 is 10.3 Å². The van der Waals surface area contributed by atoms with Crippen molar-refractivity contribution in [1.29, 1.82) is 0 Å². The number of aromatic amines is 1. The molecule has 2 rings (SSSR count). The molecule has 1 heterocycles. The number of rotatable bonds is 3. The summed E-state index contributed by atoms with van der Waals surface area (Å²) in [5.41, 5.74) is 1.11. The summed E-state index contributed by atoms with van der Waals surface area (Å²) in [4.78, 5) is 14.3. The van der Waals surface area contributed by atoms with E-state index in [1.165, 1.54) is 0 Å². The summed E-state index contributed by atoms with van der Waals surface area (Å²) in [7, 11) is 0. The first-order valence-corrected chi connectivity index (χ1v) is 5.70. The van der Waals surface area contributed by atoms with Gasteiger partial charge in [-0.1, -0.05) is 11.6 Å². The van der Waals surface area contributed by atoms with E-state index in [9.17, 15) is 4.79 Å². The zero-order chi connectivity index (χ0) is 12.3. The Morgan fingerprint density at radius 2 is 2.12 bits per heavy atom. The number of hydrogen-bond acceptors (Lipinski definition) is 2. The average Bonchev–Trinajstić information content (AvgIpc) is 2.31. The van der Waals surface area contributed by atoms with Crippen molar-refractivity contribution in [3.05, 3.63) is 51.9 Å². The number of ether oxygens (including phenoxy) is 1. The van der Waals surface area contributed by atoms with Gasteiger partial charge in [0.1, 0.15) is 5.75 Å². The van der Waals surface area contributed by atoms with Crippen molar-refractivity contribution in [2.24, 2.45) is 0 Å². The maximum absolute atomic E-state index is 11.6. The van der Waals surface area contributed by atoms with Gasteiger partial charge in [-0.05, 0) is 37.3 Å². The molecule has 0 spiro atoms. The van der Waals surface area contributed by atoms with E-state index >= 15 is 0 Å². The van der Waals surface area contributed by atoms with E-state index in [1.54, 1.807) is 36.5 Å². The van der Waals surface area contributed by atoms with Crippen molar-refractivity contribution in [2.45, 2.75) is 6.92 Å². The van der Waals surface area contributed by atoms with Crippen LogP contribution >= 0.6 is 11.6 Å². The van der Waals surface area contributed by atoms with Gasteiger partial charge in [-0.3, -0.25) is 4.79 Å². The van der Waals surface area contributed by atoms with Gasteiger partial charge in [-0.25, -0.2) is 0 Å². The molecule has 0 unspecified atom stereocenters. The van der Waals surface area contributed by atoms with E-state index in [2.05, 4.69) is 4.98 Å². The van der Waals surface area contributed by atoms with Gasteiger partial charge in [0.05, 0.1) is 11.6 Å². The second-order valence-corrected chi connectivity index (χ2v) is 3.89. The highest BCUT2D eigenvalue weighted by Gasteiger charge is 2.08. The molecule has 0 saturated carbocycles. The second kappa shape index (κ2) is 5.06. The van der Waals surface area contributed by atoms with Crippen LogP contribution in [0, 0.1) is 0 Å². The molecule has 0 fully saturated rings. The van der Waals surface area contributed by atoms with Crippen molar-refractivity contribution in [1.82, 2.24) is 4.98 Å². The lowest BCUT2D eigenvalue weighted by atomic mass is 10.1. The molecule has 0 radical (unpaired) electrons. The highest BCUT2D eigenvalue weighted by molar-refractivity contribution is 6.33. The topological polar surface area (TPSA) is 42.1 Å². The molecule has 1 aromatic heterocycles. The predicted molar refractivity (Wildman–Crippen MR) is 68.7 cm³/mol. The summed E-state index contributed by atoms with van der Waals surface area (Å²) < 4.78 is 5.34. The van der Waals surface area contributed by atoms with E-state index in [1.807, 2.05) is 6.92 Å². The van der Waals surface area contributed by atoms with Gasteiger partial charge in [-0.2, -0.15) is 0 Å². The summed E-state index contributed by atoms with van der Waals surface area (Å²) in [5.74, 6) is 0.702. The highest BCUT2D eigenvalue weighted by Crippen LogP contribution is 2.29. The molecule has 2 aromatic rings. The predicted octanol–water partition coefficient (Wildman–Crippen LogP) is 3.09. The standard InChI is InChI=1S/C13H12ClNO2/c1-2-17-9-5-6-10(12(14)8-9)11-4-3-7-15-13(11)16/h3-8H,2H2,1H3,(H,15,16). The fourth-order valence-corrected chi connectivity index (χ4v) is 1.88. The molecule has 88 valence electrons. The van der Waals surface area contributed by atoms with Gasteiger partial charge in [0.25, 0.3) is 5.56 Å². The van der Waals surface area contributed by atoms with Crippen molar-refractivity contribution < 1.29 is 4.74 Å². The third-order valence-electron chi connectivity index (χ3n) is 2.36. The number of H-pyrrole nitrogens is 1. The van der Waals surface area contributed by atoms with Gasteiger partial charge in [0.2, 0.25) is 0 Å². The molecule has 3 nitrogen and oxygen atoms in total. The molecule has 1 N–H and O–H groups in total. The molecule has 0 amide bonds. The van der Waals surface area contributed by atoms with Crippen LogP contribution in [-0.4, -0.2) is 11.6 Å². The molecule has 4 heteroatoms. The number of benzene rings is 1. The lowest BCUT2D eigenvalue weighted by molar-refractivity contribution is 0.340. The summed E-state index contributed by atoms with van der Waals surface area (Å²) >= 11 is 6.14. The van der Waals surface area contributed by atoms with Gasteiger partial charge < -0.3 is 9.72 Å². The Hall–Kier alpha value is -1.74. The maximum atomic E-state index is 11.6. The van der Waals surface area contributed by atoms with Crippen LogP contribution in [0.15, 0.2) is 41.3 Å². The number of aromatic nitrogens is 1. The fourth-order valence-electron chi connectivity index (χ4n) is 1.60. The highest BCUT2D eigenvalue weighted by atomic mass is 35.5. The largest absolute Gasteiger partial charge is 0.494 e. The lowest BCUT2D eigenvalue weighted by Gasteiger charge is -2.07. The first kappa shape index (κ1) is 11.7. The molecular weight excluding hydrogens is 238 g/mol. The molecule has 1 aromatic carbocycles. The average molecular weight is 250 g/mol. The molecular formula is C13H12ClNO2. The number of hydrogen-bond donors (Lipinski definition) is 1. The fraction of sp³-hybridized carbons (Fsp3) is 0.154. The van der Waals surface area contributed by atoms with E-state index in [4.69, 9.17) is 16.3 Å². The Bertz CT molecular complexity index is 578. The van der Waals surface area contributed by atoms with Crippen molar-refractivity contribution >= 4 is 11.6 Å². The smallest absolute Gasteiger partial charge is 0.255 e. The van der Waals surface area contributed by atoms with Crippen LogP contribution in [0.4, 0.5) is 0 Å². The van der Waals surface area contributed by atoms with Crippen LogP contribution in [0.5, 0.6) is 5.75 Å². The minimum Gasteiger partial charge on any atom is -0.494 e. The van der Waals surface area contributed by atoms with Crippen LogP contribution in [0.3, 0.4) is 0 Å². The molecule has 0 aliphatic rings. The van der Waals surface area contributed by atoms with Gasteiger partial charge in [-0.15, -0.1) is 0 Å². The third kappa shape index (κ3) is 2.50. The van der Waals surface area contributed by atoms with Gasteiger partial charge in [0.15, 0.2) is 0 Å². The van der Waals surface area contributed by atoms with E-state index < -0.39 is 0 Å². The Morgan fingerprint density at radius 3 is 2.76 bits per heavy atom. The first-order chi connectivity index (χ1) is 8.22. The van der Waals surface area contributed by atoms with Crippen molar-refractivity contribution in [3.63, 3.8) is 0 Å². The number of nitrogens with one attached hydrogen (secondary N) is 1. The minimum atomic E-state index is -0.154. The molecule has 0 saturated heterocycles. The van der Waals surface area contributed by atoms with Crippen molar-refractivity contribution in [3.8, 4) is 16.9 Å². The SMILES string of the molecule is CCOc1ccc(-c2ccc[nH]c2=O)c(Cl)c1. The Kier molecular flexibility index (Phi) is 3.49. The van der Waals surface area contributed by atoms with Crippen LogP contribution in [0.1, 0.15) is 6.92 Å². The minimum absolute atomic E-state index is 0.154. The van der Waals surface area contributed by atoms with Crippen LogP contribution in [-0.2, 0) is 0 Å². The third-order valence-corrected chi connectivity index (χ3v) is 2.67. The first-order valence-electron chi connectivity index (χ1n) is 5.33. The zero-order valence-corrected chi connectivity index (χ0v) is 10.1. The maximum Gasteiger partial charge on any atom is 0.255 e. The quantitative estimate of drug-likeness (QED) is 0.908. The molecule has 17 heavy (non-hydrogen) atoms. The van der Waals surface area contributed by atoms with E-state index in [-0.39, 0.29) is 5.56 Å². The monoisotopic (exact) mass is 249 g/mol. The van der Waals surface area contributed by atoms with Gasteiger partial charge in [0, 0.05) is 17.3 Å². The van der Waals surface area contributed by atoms with Gasteiger partial charge >= 0.3 is 0 Å². The van der Waals surface area contributed by atoms with E-state index in [0.29, 0.717) is 28.5 Å². The van der Waals surface area contributed by atoms with E-state index in [0.717, 1.165) is 0 Å². The Labute approximate surface area is 104 Å². The Morgan fingerprint density at radius 1 is 1.29 bits per heavy atom. The molecule has 0 bridgehead atoms.